The Morgan fingerprint density at radius 1 is 1.19 bits per heavy atom. The van der Waals surface area contributed by atoms with E-state index < -0.39 is 4.92 Å². The van der Waals surface area contributed by atoms with Crippen molar-refractivity contribution < 1.29 is 9.31 Å². The number of nitrogens with one attached hydrogen (secondary N) is 2. The molecule has 6 nitrogen and oxygen atoms in total. The smallest absolute Gasteiger partial charge is 0.274 e. The van der Waals surface area contributed by atoms with E-state index in [4.69, 9.17) is 0 Å². The number of guanidine groups is 1. The van der Waals surface area contributed by atoms with Crippen LogP contribution >= 0.6 is 24.0 Å². The van der Waals surface area contributed by atoms with Crippen molar-refractivity contribution in [3.05, 3.63) is 75.6 Å². The largest absolute Gasteiger partial charge is 0.356 e. The molecule has 3 rings (SSSR count). The van der Waals surface area contributed by atoms with Gasteiger partial charge in [-0.2, -0.15) is 0 Å². The second kappa shape index (κ2) is 9.12. The van der Waals surface area contributed by atoms with E-state index >= 15 is 0 Å². The van der Waals surface area contributed by atoms with Crippen molar-refractivity contribution in [2.24, 2.45) is 4.99 Å². The summed E-state index contributed by atoms with van der Waals surface area (Å²) in [6, 6.07) is 13.4. The molecule has 1 fully saturated rings. The molecule has 0 atom stereocenters. The quantitative estimate of drug-likeness (QED) is 0.215. The van der Waals surface area contributed by atoms with Crippen LogP contribution in [0.25, 0.3) is 0 Å². The Morgan fingerprint density at radius 3 is 2.48 bits per heavy atom. The standard InChI is InChI=1S/C19H21FN4O2.HI/c1-21-18(22-12-14-6-2-5-9-17(14)24(25)26)23-13-19(10-11-19)15-7-3-4-8-16(15)20;/h2-9H,10-13H2,1H3,(H2,21,22,23);1H. The first-order valence-electron chi connectivity index (χ1n) is 8.47. The number of para-hydroxylation sites is 1. The Morgan fingerprint density at radius 2 is 1.85 bits per heavy atom. The van der Waals surface area contributed by atoms with Crippen LogP contribution in [0, 0.1) is 15.9 Å². The van der Waals surface area contributed by atoms with Gasteiger partial charge in [-0.25, -0.2) is 4.39 Å². The SMILES string of the molecule is CN=C(NCc1ccccc1[N+](=O)[O-])NCC1(c2ccccc2F)CC1.I. The molecule has 0 amide bonds. The van der Waals surface area contributed by atoms with Gasteiger partial charge >= 0.3 is 0 Å². The summed E-state index contributed by atoms with van der Waals surface area (Å²) in [6.07, 6.45) is 1.84. The van der Waals surface area contributed by atoms with Crippen LogP contribution in [0.5, 0.6) is 0 Å². The van der Waals surface area contributed by atoms with Crippen molar-refractivity contribution in [2.75, 3.05) is 13.6 Å². The minimum absolute atomic E-state index is 0. The molecule has 0 heterocycles. The first-order chi connectivity index (χ1) is 12.6. The van der Waals surface area contributed by atoms with Crippen LogP contribution in [-0.4, -0.2) is 24.5 Å². The van der Waals surface area contributed by atoms with Crippen LogP contribution in [0.4, 0.5) is 10.1 Å². The van der Waals surface area contributed by atoms with E-state index in [1.807, 2.05) is 12.1 Å². The van der Waals surface area contributed by atoms with E-state index in [0.29, 0.717) is 18.1 Å². The first kappa shape index (κ1) is 21.1. The van der Waals surface area contributed by atoms with Gasteiger partial charge in [-0.1, -0.05) is 36.4 Å². The van der Waals surface area contributed by atoms with Gasteiger partial charge in [-0.05, 0) is 24.5 Å². The lowest BCUT2D eigenvalue weighted by atomic mass is 9.95. The highest BCUT2D eigenvalue weighted by molar-refractivity contribution is 14.0. The zero-order chi connectivity index (χ0) is 18.6. The van der Waals surface area contributed by atoms with Gasteiger partial charge in [0.05, 0.1) is 4.92 Å². The maximum absolute atomic E-state index is 14.1. The maximum atomic E-state index is 14.1. The van der Waals surface area contributed by atoms with Crippen LogP contribution in [0.3, 0.4) is 0 Å². The molecule has 1 aliphatic carbocycles. The fraction of sp³-hybridized carbons (Fsp3) is 0.316. The number of halogens is 2. The Balaban J connectivity index is 0.00000261. The zero-order valence-corrected chi connectivity index (χ0v) is 17.3. The summed E-state index contributed by atoms with van der Waals surface area (Å²) >= 11 is 0. The average molecular weight is 484 g/mol. The Bertz CT molecular complexity index is 840. The van der Waals surface area contributed by atoms with Gasteiger partial charge in [0.1, 0.15) is 5.82 Å². The van der Waals surface area contributed by atoms with E-state index in [2.05, 4.69) is 15.6 Å². The lowest BCUT2D eigenvalue weighted by Gasteiger charge is -2.19. The third-order valence-electron chi connectivity index (χ3n) is 4.75. The predicted molar refractivity (Wildman–Crippen MR) is 114 cm³/mol. The number of nitrogens with zero attached hydrogens (tertiary/aromatic N) is 2. The van der Waals surface area contributed by atoms with Gasteiger partial charge in [0, 0.05) is 37.2 Å². The fourth-order valence-electron chi connectivity index (χ4n) is 3.07. The van der Waals surface area contributed by atoms with Crippen LogP contribution in [0.2, 0.25) is 0 Å². The molecule has 0 bridgehead atoms. The van der Waals surface area contributed by atoms with Crippen molar-refractivity contribution in [1.29, 1.82) is 0 Å². The Kier molecular flexibility index (Phi) is 7.11. The average Bonchev–Trinajstić information content (AvgIpc) is 3.43. The summed E-state index contributed by atoms with van der Waals surface area (Å²) in [5.41, 5.74) is 1.17. The van der Waals surface area contributed by atoms with Crippen molar-refractivity contribution in [1.82, 2.24) is 10.6 Å². The molecular formula is C19H22FIN4O2. The maximum Gasteiger partial charge on any atom is 0.274 e. The van der Waals surface area contributed by atoms with Gasteiger partial charge in [0.15, 0.2) is 5.96 Å². The molecule has 0 aromatic heterocycles. The third-order valence-corrected chi connectivity index (χ3v) is 4.75. The van der Waals surface area contributed by atoms with Gasteiger partial charge in [-0.3, -0.25) is 15.1 Å². The van der Waals surface area contributed by atoms with Crippen molar-refractivity contribution in [2.45, 2.75) is 24.8 Å². The summed E-state index contributed by atoms with van der Waals surface area (Å²) in [4.78, 5) is 14.8. The normalized spacial score (nSPS) is 14.8. The van der Waals surface area contributed by atoms with Gasteiger partial charge < -0.3 is 10.6 Å². The highest BCUT2D eigenvalue weighted by Crippen LogP contribution is 2.48. The lowest BCUT2D eigenvalue weighted by molar-refractivity contribution is -0.385. The predicted octanol–water partition coefficient (Wildman–Crippen LogP) is 3.75. The van der Waals surface area contributed by atoms with Crippen molar-refractivity contribution >= 4 is 35.6 Å². The number of hydrogen-bond acceptors (Lipinski definition) is 3. The first-order valence-corrected chi connectivity index (χ1v) is 8.47. The topological polar surface area (TPSA) is 79.6 Å². The molecule has 2 aromatic rings. The van der Waals surface area contributed by atoms with Crippen molar-refractivity contribution in [3.63, 3.8) is 0 Å². The molecule has 1 aliphatic rings. The summed E-state index contributed by atoms with van der Waals surface area (Å²) in [6.45, 7) is 0.841. The number of nitro groups is 1. The molecule has 0 saturated heterocycles. The van der Waals surface area contributed by atoms with Crippen LogP contribution < -0.4 is 10.6 Å². The number of rotatable bonds is 6. The zero-order valence-electron chi connectivity index (χ0n) is 14.9. The van der Waals surface area contributed by atoms with Crippen LogP contribution in [0.1, 0.15) is 24.0 Å². The second-order valence-corrected chi connectivity index (χ2v) is 6.43. The molecule has 8 heteroatoms. The molecule has 2 N–H and O–H groups in total. The summed E-state index contributed by atoms with van der Waals surface area (Å²) in [5, 5.41) is 17.4. The number of benzene rings is 2. The van der Waals surface area contributed by atoms with Crippen LogP contribution in [0.15, 0.2) is 53.5 Å². The van der Waals surface area contributed by atoms with Crippen LogP contribution in [-0.2, 0) is 12.0 Å². The minimum Gasteiger partial charge on any atom is -0.356 e. The summed E-state index contributed by atoms with van der Waals surface area (Å²) in [5.74, 6) is 0.348. The summed E-state index contributed by atoms with van der Waals surface area (Å²) < 4.78 is 14.1. The Labute approximate surface area is 174 Å². The molecular weight excluding hydrogens is 462 g/mol. The van der Waals surface area contributed by atoms with E-state index in [9.17, 15) is 14.5 Å². The molecule has 0 unspecified atom stereocenters. The molecule has 0 aliphatic heterocycles. The van der Waals surface area contributed by atoms with Gasteiger partial charge in [-0.15, -0.1) is 24.0 Å². The van der Waals surface area contributed by atoms with Crippen molar-refractivity contribution in [3.8, 4) is 0 Å². The molecule has 2 aromatic carbocycles. The number of hydrogen-bond donors (Lipinski definition) is 2. The highest BCUT2D eigenvalue weighted by atomic mass is 127. The van der Waals surface area contributed by atoms with E-state index in [1.165, 1.54) is 12.1 Å². The molecule has 27 heavy (non-hydrogen) atoms. The molecule has 144 valence electrons. The second-order valence-electron chi connectivity index (χ2n) is 6.43. The Hall–Kier alpha value is -2.23. The highest BCUT2D eigenvalue weighted by Gasteiger charge is 2.45. The molecule has 1 saturated carbocycles. The monoisotopic (exact) mass is 484 g/mol. The minimum atomic E-state index is -0.398. The van der Waals surface area contributed by atoms with Gasteiger partial charge in [0.2, 0.25) is 0 Å². The fourth-order valence-corrected chi connectivity index (χ4v) is 3.07. The third kappa shape index (κ3) is 4.94. The van der Waals surface area contributed by atoms with E-state index in [-0.39, 0.29) is 47.4 Å². The van der Waals surface area contributed by atoms with E-state index in [0.717, 1.165) is 18.4 Å². The molecule has 0 spiro atoms. The van der Waals surface area contributed by atoms with E-state index in [1.54, 1.807) is 31.3 Å². The molecule has 0 radical (unpaired) electrons. The number of aliphatic imine (C=N–C) groups is 1. The summed E-state index contributed by atoms with van der Waals surface area (Å²) in [7, 11) is 1.64. The lowest BCUT2D eigenvalue weighted by Crippen LogP contribution is -2.41. The number of nitro benzene ring substituents is 1. The van der Waals surface area contributed by atoms with Gasteiger partial charge in [0.25, 0.3) is 5.69 Å².